The molecule has 3 rings (SSSR count). The smallest absolute Gasteiger partial charge is 0.258 e. The molecule has 0 aliphatic heterocycles. The van der Waals surface area contributed by atoms with Crippen LogP contribution in [0.15, 0.2) is 42.5 Å². The molecule has 5 heteroatoms. The Hall–Kier alpha value is -2.82. The number of hydrogen-bond donors (Lipinski definition) is 2. The maximum atomic E-state index is 13.2. The lowest BCUT2D eigenvalue weighted by Gasteiger charge is -2.06. The van der Waals surface area contributed by atoms with Crippen LogP contribution < -0.4 is 10.1 Å². The number of aromatic amines is 1. The molecule has 112 valence electrons. The van der Waals surface area contributed by atoms with E-state index in [1.807, 2.05) is 19.1 Å². The molecular weight excluding hydrogens is 283 g/mol. The van der Waals surface area contributed by atoms with Gasteiger partial charge in [0.2, 0.25) is 0 Å². The topological polar surface area (TPSA) is 54.1 Å². The normalized spacial score (nSPS) is 10.7. The van der Waals surface area contributed by atoms with Crippen molar-refractivity contribution in [2.24, 2.45) is 0 Å². The van der Waals surface area contributed by atoms with E-state index in [2.05, 4.69) is 10.3 Å². The van der Waals surface area contributed by atoms with E-state index >= 15 is 0 Å². The van der Waals surface area contributed by atoms with Crippen molar-refractivity contribution < 1.29 is 13.9 Å². The highest BCUT2D eigenvalue weighted by Gasteiger charge is 2.17. The quantitative estimate of drug-likeness (QED) is 0.771. The van der Waals surface area contributed by atoms with Gasteiger partial charge < -0.3 is 15.0 Å². The van der Waals surface area contributed by atoms with Gasteiger partial charge in [0.1, 0.15) is 11.6 Å². The lowest BCUT2D eigenvalue weighted by Crippen LogP contribution is -2.12. The molecule has 0 fully saturated rings. The van der Waals surface area contributed by atoms with Crippen LogP contribution in [0, 0.1) is 12.7 Å². The molecule has 0 bridgehead atoms. The molecule has 2 aromatic carbocycles. The first-order valence-electron chi connectivity index (χ1n) is 6.81. The Balaban J connectivity index is 2.01. The Labute approximate surface area is 126 Å². The minimum absolute atomic E-state index is 0.289. The third-order valence-electron chi connectivity index (χ3n) is 3.50. The SMILES string of the molecule is COc1ccc2[nH]c(C)c(C(=O)Nc3cccc(F)c3)c2c1. The van der Waals surface area contributed by atoms with Gasteiger partial charge >= 0.3 is 0 Å². The van der Waals surface area contributed by atoms with Crippen molar-refractivity contribution in [3.05, 3.63) is 59.5 Å². The van der Waals surface area contributed by atoms with E-state index in [0.717, 1.165) is 16.6 Å². The fraction of sp³-hybridized carbons (Fsp3) is 0.118. The van der Waals surface area contributed by atoms with Crippen molar-refractivity contribution in [3.63, 3.8) is 0 Å². The number of halogens is 1. The second kappa shape index (κ2) is 5.52. The summed E-state index contributed by atoms with van der Waals surface area (Å²) in [5.74, 6) is -0.0102. The standard InChI is InChI=1S/C17H15FN2O2/c1-10-16(14-9-13(22-2)6-7-15(14)19-10)17(21)20-12-5-3-4-11(18)8-12/h3-9,19H,1-2H3,(H,20,21). The molecule has 4 nitrogen and oxygen atoms in total. The lowest BCUT2D eigenvalue weighted by molar-refractivity contribution is 0.102. The summed E-state index contributed by atoms with van der Waals surface area (Å²) in [4.78, 5) is 15.7. The number of ether oxygens (including phenoxy) is 1. The van der Waals surface area contributed by atoms with Crippen molar-refractivity contribution in [2.45, 2.75) is 6.92 Å². The molecule has 0 saturated heterocycles. The van der Waals surface area contributed by atoms with E-state index < -0.39 is 5.82 Å². The van der Waals surface area contributed by atoms with Gasteiger partial charge in [-0.2, -0.15) is 0 Å². The van der Waals surface area contributed by atoms with E-state index in [1.54, 1.807) is 25.3 Å². The summed E-state index contributed by atoms with van der Waals surface area (Å²) in [7, 11) is 1.58. The molecule has 0 atom stereocenters. The van der Waals surface area contributed by atoms with Crippen molar-refractivity contribution in [3.8, 4) is 5.75 Å². The average molecular weight is 298 g/mol. The maximum Gasteiger partial charge on any atom is 0.258 e. The minimum Gasteiger partial charge on any atom is -0.497 e. The van der Waals surface area contributed by atoms with Crippen LogP contribution in [0.1, 0.15) is 16.1 Å². The van der Waals surface area contributed by atoms with E-state index in [9.17, 15) is 9.18 Å². The third-order valence-corrected chi connectivity index (χ3v) is 3.50. The molecule has 1 heterocycles. The first kappa shape index (κ1) is 14.1. The second-order valence-electron chi connectivity index (χ2n) is 5.00. The number of methoxy groups -OCH3 is 1. The van der Waals surface area contributed by atoms with Gasteiger partial charge in [-0.3, -0.25) is 4.79 Å². The van der Waals surface area contributed by atoms with Crippen LogP contribution in [0.5, 0.6) is 5.75 Å². The number of fused-ring (bicyclic) bond motifs is 1. The molecule has 0 aliphatic carbocycles. The predicted octanol–water partition coefficient (Wildman–Crippen LogP) is 3.88. The number of carbonyl (C=O) groups excluding carboxylic acids is 1. The fourth-order valence-corrected chi connectivity index (χ4v) is 2.49. The van der Waals surface area contributed by atoms with Gasteiger partial charge in [0.05, 0.1) is 12.7 Å². The Morgan fingerprint density at radius 2 is 2.05 bits per heavy atom. The number of anilines is 1. The van der Waals surface area contributed by atoms with E-state index in [-0.39, 0.29) is 5.91 Å². The molecule has 2 N–H and O–H groups in total. The Morgan fingerprint density at radius 1 is 1.23 bits per heavy atom. The Kier molecular flexibility index (Phi) is 3.55. The number of carbonyl (C=O) groups is 1. The van der Waals surface area contributed by atoms with Gasteiger partial charge in [-0.15, -0.1) is 0 Å². The van der Waals surface area contributed by atoms with Gasteiger partial charge in [0, 0.05) is 22.3 Å². The van der Waals surface area contributed by atoms with Crippen LogP contribution >= 0.6 is 0 Å². The van der Waals surface area contributed by atoms with Gasteiger partial charge in [0.25, 0.3) is 5.91 Å². The summed E-state index contributed by atoms with van der Waals surface area (Å²) in [5, 5.41) is 3.49. The van der Waals surface area contributed by atoms with E-state index in [1.165, 1.54) is 12.1 Å². The molecule has 3 aromatic rings. The first-order chi connectivity index (χ1) is 10.6. The van der Waals surface area contributed by atoms with Crippen molar-refractivity contribution in [1.82, 2.24) is 4.98 Å². The molecule has 0 aliphatic rings. The zero-order valence-electron chi connectivity index (χ0n) is 12.2. The van der Waals surface area contributed by atoms with Crippen molar-refractivity contribution in [1.29, 1.82) is 0 Å². The summed E-state index contributed by atoms with van der Waals surface area (Å²) in [6.07, 6.45) is 0. The van der Waals surface area contributed by atoms with Crippen LogP contribution in [-0.4, -0.2) is 18.0 Å². The monoisotopic (exact) mass is 298 g/mol. The van der Waals surface area contributed by atoms with Crippen LogP contribution in [-0.2, 0) is 0 Å². The number of H-pyrrole nitrogens is 1. The summed E-state index contributed by atoms with van der Waals surface area (Å²) < 4.78 is 18.4. The van der Waals surface area contributed by atoms with Crippen LogP contribution in [0.3, 0.4) is 0 Å². The number of aryl methyl sites for hydroxylation is 1. The van der Waals surface area contributed by atoms with Crippen molar-refractivity contribution in [2.75, 3.05) is 12.4 Å². The zero-order chi connectivity index (χ0) is 15.7. The first-order valence-corrected chi connectivity index (χ1v) is 6.81. The second-order valence-corrected chi connectivity index (χ2v) is 5.00. The average Bonchev–Trinajstić information content (AvgIpc) is 2.82. The third kappa shape index (κ3) is 2.53. The summed E-state index contributed by atoms with van der Waals surface area (Å²) in [6, 6.07) is 11.3. The highest BCUT2D eigenvalue weighted by atomic mass is 19.1. The summed E-state index contributed by atoms with van der Waals surface area (Å²) in [6.45, 7) is 1.83. The maximum absolute atomic E-state index is 13.2. The number of hydrogen-bond acceptors (Lipinski definition) is 2. The highest BCUT2D eigenvalue weighted by molar-refractivity contribution is 6.14. The molecule has 0 saturated carbocycles. The Morgan fingerprint density at radius 3 is 2.77 bits per heavy atom. The fourth-order valence-electron chi connectivity index (χ4n) is 2.49. The largest absolute Gasteiger partial charge is 0.497 e. The van der Waals surface area contributed by atoms with Crippen molar-refractivity contribution >= 4 is 22.5 Å². The van der Waals surface area contributed by atoms with Gasteiger partial charge in [-0.1, -0.05) is 6.07 Å². The molecule has 0 spiro atoms. The summed E-state index contributed by atoms with van der Waals surface area (Å²) >= 11 is 0. The van der Waals surface area contributed by atoms with Crippen LogP contribution in [0.2, 0.25) is 0 Å². The highest BCUT2D eigenvalue weighted by Crippen LogP contribution is 2.27. The molecule has 0 radical (unpaired) electrons. The minimum atomic E-state index is -0.393. The molecular formula is C17H15FN2O2. The molecule has 22 heavy (non-hydrogen) atoms. The van der Waals surface area contributed by atoms with Crippen LogP contribution in [0.4, 0.5) is 10.1 Å². The number of rotatable bonds is 3. The summed E-state index contributed by atoms with van der Waals surface area (Å²) in [5.41, 5.74) is 2.54. The van der Waals surface area contributed by atoms with E-state index in [0.29, 0.717) is 17.0 Å². The van der Waals surface area contributed by atoms with Gasteiger partial charge in [-0.05, 0) is 43.3 Å². The molecule has 1 amide bonds. The molecule has 0 unspecified atom stereocenters. The number of amides is 1. The number of aromatic nitrogens is 1. The zero-order valence-corrected chi connectivity index (χ0v) is 12.2. The Bertz CT molecular complexity index is 855. The van der Waals surface area contributed by atoms with Gasteiger partial charge in [-0.25, -0.2) is 4.39 Å². The number of nitrogens with one attached hydrogen (secondary N) is 2. The lowest BCUT2D eigenvalue weighted by atomic mass is 10.1. The number of benzene rings is 2. The van der Waals surface area contributed by atoms with E-state index in [4.69, 9.17) is 4.74 Å². The molecule has 1 aromatic heterocycles. The predicted molar refractivity (Wildman–Crippen MR) is 83.9 cm³/mol. The van der Waals surface area contributed by atoms with Crippen LogP contribution in [0.25, 0.3) is 10.9 Å². The van der Waals surface area contributed by atoms with Gasteiger partial charge in [0.15, 0.2) is 0 Å².